The largest absolute Gasteiger partial charge is 0.486 e. The summed E-state index contributed by atoms with van der Waals surface area (Å²) in [5.74, 6) is 1.61. The Morgan fingerprint density at radius 2 is 2.04 bits per heavy atom. The van der Waals surface area contributed by atoms with Gasteiger partial charge in [-0.05, 0) is 37.5 Å². The smallest absolute Gasteiger partial charge is 0.257 e. The molecule has 1 aromatic carbocycles. The molecule has 0 N–H and O–H groups in total. The molecule has 4 rings (SSSR count). The number of nitrogens with zero attached hydrogens (tertiary/aromatic N) is 3. The van der Waals surface area contributed by atoms with Crippen LogP contribution in [0.25, 0.3) is 0 Å². The second-order valence-corrected chi connectivity index (χ2v) is 6.33. The van der Waals surface area contributed by atoms with Crippen LogP contribution in [0, 0.1) is 6.92 Å². The van der Waals surface area contributed by atoms with Crippen molar-refractivity contribution in [3.8, 4) is 11.5 Å². The van der Waals surface area contributed by atoms with Gasteiger partial charge in [-0.15, -0.1) is 0 Å². The van der Waals surface area contributed by atoms with E-state index in [1.165, 1.54) is 0 Å². The number of carbonyl (C=O) groups is 1. The molecule has 3 heterocycles. The number of amides is 1. The zero-order valence-electron chi connectivity index (χ0n) is 14.0. The van der Waals surface area contributed by atoms with Crippen molar-refractivity contribution >= 4 is 5.91 Å². The number of hydrogen-bond acceptors (Lipinski definition) is 4. The molecule has 1 saturated heterocycles. The maximum absolute atomic E-state index is 13.0. The molecule has 0 radical (unpaired) electrons. The summed E-state index contributed by atoms with van der Waals surface area (Å²) in [5.41, 5.74) is 2.68. The van der Waals surface area contributed by atoms with Crippen LogP contribution in [0.1, 0.15) is 40.5 Å². The summed E-state index contributed by atoms with van der Waals surface area (Å²) in [6.07, 6.45) is 3.63. The molecule has 0 spiro atoms. The van der Waals surface area contributed by atoms with Crippen LogP contribution in [0.5, 0.6) is 11.5 Å². The Labute approximate surface area is 141 Å². The van der Waals surface area contributed by atoms with E-state index in [1.807, 2.05) is 37.1 Å². The topological polar surface area (TPSA) is 56.6 Å². The van der Waals surface area contributed by atoms with Gasteiger partial charge in [0.15, 0.2) is 11.5 Å². The number of likely N-dealkylation sites (tertiary alicyclic amines) is 1. The molecule has 1 atom stereocenters. The predicted octanol–water partition coefficient (Wildman–Crippen LogP) is 2.48. The van der Waals surface area contributed by atoms with E-state index < -0.39 is 0 Å². The molecule has 1 amide bonds. The average molecular weight is 327 g/mol. The SMILES string of the molecule is Cc1c(C(=O)N2CCC[C@H]2c2ccc3c(c2)OCCO3)cnn1C. The minimum Gasteiger partial charge on any atom is -0.486 e. The molecular formula is C18H21N3O3. The number of fused-ring (bicyclic) bond motifs is 1. The van der Waals surface area contributed by atoms with E-state index in [-0.39, 0.29) is 11.9 Å². The Morgan fingerprint density at radius 3 is 2.79 bits per heavy atom. The molecule has 1 aromatic heterocycles. The molecule has 126 valence electrons. The first-order valence-corrected chi connectivity index (χ1v) is 8.34. The lowest BCUT2D eigenvalue weighted by atomic mass is 10.0. The molecule has 1 fully saturated rings. The van der Waals surface area contributed by atoms with Crippen molar-refractivity contribution in [3.05, 3.63) is 41.2 Å². The first kappa shape index (κ1) is 15.1. The molecule has 24 heavy (non-hydrogen) atoms. The maximum Gasteiger partial charge on any atom is 0.257 e. The van der Waals surface area contributed by atoms with Gasteiger partial charge in [-0.3, -0.25) is 9.48 Å². The highest BCUT2D eigenvalue weighted by molar-refractivity contribution is 5.95. The number of ether oxygens (including phenoxy) is 2. The Morgan fingerprint density at radius 1 is 1.25 bits per heavy atom. The van der Waals surface area contributed by atoms with Crippen LogP contribution in [-0.4, -0.2) is 40.3 Å². The summed E-state index contributed by atoms with van der Waals surface area (Å²) in [7, 11) is 1.86. The number of carbonyl (C=O) groups excluding carboxylic acids is 1. The predicted molar refractivity (Wildman–Crippen MR) is 88.4 cm³/mol. The van der Waals surface area contributed by atoms with Gasteiger partial charge in [0.25, 0.3) is 5.91 Å². The lowest BCUT2D eigenvalue weighted by Gasteiger charge is -2.26. The Bertz CT molecular complexity index is 784. The van der Waals surface area contributed by atoms with Crippen LogP contribution in [0.15, 0.2) is 24.4 Å². The quantitative estimate of drug-likeness (QED) is 0.850. The Hall–Kier alpha value is -2.50. The molecule has 0 aliphatic carbocycles. The van der Waals surface area contributed by atoms with Crippen LogP contribution in [0.2, 0.25) is 0 Å². The number of rotatable bonds is 2. The molecule has 6 heteroatoms. The minimum absolute atomic E-state index is 0.0537. The van der Waals surface area contributed by atoms with Gasteiger partial charge in [0.1, 0.15) is 13.2 Å². The van der Waals surface area contributed by atoms with Crippen LogP contribution >= 0.6 is 0 Å². The first-order valence-electron chi connectivity index (χ1n) is 8.34. The normalized spacial score (nSPS) is 19.6. The fourth-order valence-electron chi connectivity index (χ4n) is 3.49. The summed E-state index contributed by atoms with van der Waals surface area (Å²) in [6, 6.07) is 6.08. The summed E-state index contributed by atoms with van der Waals surface area (Å²) >= 11 is 0. The molecule has 6 nitrogen and oxygen atoms in total. The fourth-order valence-corrected chi connectivity index (χ4v) is 3.49. The average Bonchev–Trinajstić information content (AvgIpc) is 3.22. The third kappa shape index (κ3) is 2.42. The van der Waals surface area contributed by atoms with Gasteiger partial charge in [-0.25, -0.2) is 0 Å². The molecule has 2 aliphatic heterocycles. The molecule has 2 aromatic rings. The van der Waals surface area contributed by atoms with Crippen LogP contribution < -0.4 is 9.47 Å². The summed E-state index contributed by atoms with van der Waals surface area (Å²) in [5, 5.41) is 4.20. The molecule has 0 bridgehead atoms. The van der Waals surface area contributed by atoms with Crippen molar-refractivity contribution in [1.29, 1.82) is 0 Å². The highest BCUT2D eigenvalue weighted by atomic mass is 16.6. The lowest BCUT2D eigenvalue weighted by molar-refractivity contribution is 0.0734. The first-order chi connectivity index (χ1) is 11.6. The van der Waals surface area contributed by atoms with E-state index in [2.05, 4.69) is 5.10 Å². The number of aryl methyl sites for hydroxylation is 1. The van der Waals surface area contributed by atoms with Gasteiger partial charge in [0, 0.05) is 19.3 Å². The summed E-state index contributed by atoms with van der Waals surface area (Å²) < 4.78 is 13.0. The van der Waals surface area contributed by atoms with Crippen LogP contribution in [-0.2, 0) is 7.05 Å². The van der Waals surface area contributed by atoms with Gasteiger partial charge in [-0.1, -0.05) is 6.07 Å². The second kappa shape index (κ2) is 5.85. The fraction of sp³-hybridized carbons (Fsp3) is 0.444. The van der Waals surface area contributed by atoms with Crippen molar-refractivity contribution in [2.75, 3.05) is 19.8 Å². The Kier molecular flexibility index (Phi) is 3.67. The highest BCUT2D eigenvalue weighted by Crippen LogP contribution is 2.38. The van der Waals surface area contributed by atoms with E-state index in [1.54, 1.807) is 10.9 Å². The zero-order chi connectivity index (χ0) is 16.7. The second-order valence-electron chi connectivity index (χ2n) is 6.33. The third-order valence-electron chi connectivity index (χ3n) is 4.93. The van der Waals surface area contributed by atoms with Crippen molar-refractivity contribution in [2.45, 2.75) is 25.8 Å². The number of benzene rings is 1. The van der Waals surface area contributed by atoms with Gasteiger partial charge < -0.3 is 14.4 Å². The van der Waals surface area contributed by atoms with E-state index in [0.29, 0.717) is 18.8 Å². The monoisotopic (exact) mass is 327 g/mol. The van der Waals surface area contributed by atoms with Crippen molar-refractivity contribution < 1.29 is 14.3 Å². The van der Waals surface area contributed by atoms with Gasteiger partial charge in [0.2, 0.25) is 0 Å². The summed E-state index contributed by atoms with van der Waals surface area (Å²) in [6.45, 7) is 3.85. The maximum atomic E-state index is 13.0. The zero-order valence-corrected chi connectivity index (χ0v) is 14.0. The molecular weight excluding hydrogens is 306 g/mol. The van der Waals surface area contributed by atoms with Gasteiger partial charge in [0.05, 0.1) is 17.8 Å². The van der Waals surface area contributed by atoms with Crippen molar-refractivity contribution in [3.63, 3.8) is 0 Å². The van der Waals surface area contributed by atoms with E-state index in [9.17, 15) is 4.79 Å². The van der Waals surface area contributed by atoms with Crippen LogP contribution in [0.4, 0.5) is 0 Å². The third-order valence-corrected chi connectivity index (χ3v) is 4.93. The minimum atomic E-state index is 0.0537. The van der Waals surface area contributed by atoms with Gasteiger partial charge in [-0.2, -0.15) is 5.10 Å². The molecule has 0 unspecified atom stereocenters. The summed E-state index contributed by atoms with van der Waals surface area (Å²) in [4.78, 5) is 14.9. The highest BCUT2D eigenvalue weighted by Gasteiger charge is 2.32. The van der Waals surface area contributed by atoms with Crippen molar-refractivity contribution in [1.82, 2.24) is 14.7 Å². The lowest BCUT2D eigenvalue weighted by Crippen LogP contribution is -2.31. The van der Waals surface area contributed by atoms with Gasteiger partial charge >= 0.3 is 0 Å². The molecule has 2 aliphatic rings. The number of aromatic nitrogens is 2. The number of hydrogen-bond donors (Lipinski definition) is 0. The standard InChI is InChI=1S/C18H21N3O3/c1-12-14(11-19-20(12)2)18(22)21-7-3-4-15(21)13-5-6-16-17(10-13)24-9-8-23-16/h5-6,10-11,15H,3-4,7-9H2,1-2H3/t15-/m0/s1. The van der Waals surface area contributed by atoms with E-state index in [0.717, 1.165) is 42.1 Å². The van der Waals surface area contributed by atoms with Crippen molar-refractivity contribution in [2.24, 2.45) is 7.05 Å². The van der Waals surface area contributed by atoms with Crippen LogP contribution in [0.3, 0.4) is 0 Å². The van der Waals surface area contributed by atoms with E-state index >= 15 is 0 Å². The van der Waals surface area contributed by atoms with E-state index in [4.69, 9.17) is 9.47 Å². The molecule has 0 saturated carbocycles. The Balaban J connectivity index is 1.63.